The first-order chi connectivity index (χ1) is 17.9. The molecule has 0 saturated heterocycles. The van der Waals surface area contributed by atoms with E-state index in [4.69, 9.17) is 0 Å². The fraction of sp³-hybridized carbons (Fsp3) is 0.161. The fourth-order valence-electron chi connectivity index (χ4n) is 4.38. The van der Waals surface area contributed by atoms with Crippen molar-refractivity contribution in [3.8, 4) is 0 Å². The number of hydrogen-bond donors (Lipinski definition) is 0. The first kappa shape index (κ1) is 28.9. The van der Waals surface area contributed by atoms with Gasteiger partial charge in [0.15, 0.2) is 18.7 Å². The summed E-state index contributed by atoms with van der Waals surface area (Å²) in [5, 5.41) is 1.69. The lowest BCUT2D eigenvalue weighted by Crippen LogP contribution is -2.37. The lowest BCUT2D eigenvalue weighted by atomic mass is 9.76. The van der Waals surface area contributed by atoms with Crippen LogP contribution in [-0.4, -0.2) is 11.6 Å². The summed E-state index contributed by atoms with van der Waals surface area (Å²) < 4.78 is 17.9. The molecule has 4 aromatic rings. The van der Waals surface area contributed by atoms with Gasteiger partial charge in [-0.1, -0.05) is 98.9 Å². The topological polar surface area (TPSA) is 51.2 Å². The Morgan fingerprint density at radius 3 is 1.63 bits per heavy atom. The second-order valence-electron chi connectivity index (χ2n) is 10.0. The SMILES string of the molecule is CC(C)(C)C(=O)C(C(=O)c1ccccc1)c1cc(Br)ccc1P(=O)(c1ccc(Br)cc1)c1ccc(Br)cc1. The van der Waals surface area contributed by atoms with Crippen LogP contribution < -0.4 is 15.9 Å². The standard InChI is InChI=1S/C31H26Br3O3P/c1-31(2,3)30(36)28(29(35)20-7-5-4-6-8-20)26-19-23(34)13-18-27(26)38(37,24-14-9-21(32)10-15-24)25-16-11-22(33)12-17-25/h4-19,28H,1-3H3. The molecule has 0 spiro atoms. The maximum Gasteiger partial charge on any atom is 0.177 e. The van der Waals surface area contributed by atoms with Gasteiger partial charge in [-0.05, 0) is 72.3 Å². The summed E-state index contributed by atoms with van der Waals surface area (Å²) in [6, 6.07) is 28.9. The molecule has 7 heteroatoms. The summed E-state index contributed by atoms with van der Waals surface area (Å²) in [7, 11) is -3.52. The average molecular weight is 717 g/mol. The van der Waals surface area contributed by atoms with Gasteiger partial charge in [0.1, 0.15) is 5.92 Å². The van der Waals surface area contributed by atoms with Crippen LogP contribution >= 0.6 is 54.9 Å². The van der Waals surface area contributed by atoms with Crippen molar-refractivity contribution in [1.82, 2.24) is 0 Å². The Labute approximate surface area is 248 Å². The van der Waals surface area contributed by atoms with E-state index in [9.17, 15) is 9.59 Å². The molecule has 0 N–H and O–H groups in total. The van der Waals surface area contributed by atoms with Gasteiger partial charge >= 0.3 is 0 Å². The van der Waals surface area contributed by atoms with Crippen molar-refractivity contribution in [3.63, 3.8) is 0 Å². The molecule has 3 nitrogen and oxygen atoms in total. The molecule has 4 aromatic carbocycles. The second kappa shape index (κ2) is 11.6. The molecule has 0 amide bonds. The minimum atomic E-state index is -3.52. The van der Waals surface area contributed by atoms with Crippen molar-refractivity contribution in [3.05, 3.63) is 122 Å². The lowest BCUT2D eigenvalue weighted by Gasteiger charge is -2.29. The van der Waals surface area contributed by atoms with Crippen LogP contribution in [0.4, 0.5) is 0 Å². The summed E-state index contributed by atoms with van der Waals surface area (Å²) in [5.41, 5.74) is 0.0685. The Balaban J connectivity index is 2.06. The van der Waals surface area contributed by atoms with Crippen molar-refractivity contribution >= 4 is 82.4 Å². The fourth-order valence-corrected chi connectivity index (χ4v) is 8.12. The third-order valence-electron chi connectivity index (χ3n) is 6.34. The van der Waals surface area contributed by atoms with Crippen LogP contribution in [0.15, 0.2) is 110 Å². The van der Waals surface area contributed by atoms with Crippen LogP contribution in [0.25, 0.3) is 0 Å². The van der Waals surface area contributed by atoms with Gasteiger partial charge in [0.2, 0.25) is 0 Å². The van der Waals surface area contributed by atoms with Gasteiger partial charge in [0.05, 0.1) is 0 Å². The lowest BCUT2D eigenvalue weighted by molar-refractivity contribution is -0.126. The minimum Gasteiger partial charge on any atom is -0.309 e. The monoisotopic (exact) mass is 714 g/mol. The largest absolute Gasteiger partial charge is 0.309 e. The van der Waals surface area contributed by atoms with E-state index >= 15 is 4.57 Å². The van der Waals surface area contributed by atoms with E-state index in [0.717, 1.165) is 8.95 Å². The Morgan fingerprint density at radius 2 is 1.16 bits per heavy atom. The van der Waals surface area contributed by atoms with Crippen molar-refractivity contribution in [2.75, 3.05) is 0 Å². The van der Waals surface area contributed by atoms with Crippen molar-refractivity contribution < 1.29 is 14.2 Å². The van der Waals surface area contributed by atoms with Gasteiger partial charge in [-0.15, -0.1) is 0 Å². The molecule has 0 saturated carbocycles. The van der Waals surface area contributed by atoms with Crippen molar-refractivity contribution in [2.24, 2.45) is 5.41 Å². The zero-order chi connectivity index (χ0) is 27.7. The smallest absolute Gasteiger partial charge is 0.177 e. The third kappa shape index (κ3) is 5.89. The summed E-state index contributed by atoms with van der Waals surface area (Å²) in [6.45, 7) is 5.42. The molecular weight excluding hydrogens is 691 g/mol. The van der Waals surface area contributed by atoms with Gasteiger partial charge in [0, 0.05) is 40.3 Å². The van der Waals surface area contributed by atoms with Crippen LogP contribution in [0, 0.1) is 5.41 Å². The highest BCUT2D eigenvalue weighted by Gasteiger charge is 2.41. The van der Waals surface area contributed by atoms with E-state index < -0.39 is 18.5 Å². The number of ketones is 2. The van der Waals surface area contributed by atoms with Crippen LogP contribution in [0.2, 0.25) is 0 Å². The zero-order valence-corrected chi connectivity index (χ0v) is 26.8. The zero-order valence-electron chi connectivity index (χ0n) is 21.1. The summed E-state index contributed by atoms with van der Waals surface area (Å²) >= 11 is 10.5. The number of Topliss-reactive ketones (excluding diaryl/α,β-unsaturated/α-hetero) is 2. The van der Waals surface area contributed by atoms with Gasteiger partial charge in [0.25, 0.3) is 0 Å². The molecule has 1 unspecified atom stereocenters. The van der Waals surface area contributed by atoms with Crippen molar-refractivity contribution in [1.29, 1.82) is 0 Å². The number of carbonyl (C=O) groups excluding carboxylic acids is 2. The second-order valence-corrected chi connectivity index (χ2v) is 15.5. The maximum atomic E-state index is 15.4. The number of benzene rings is 4. The predicted octanol–water partition coefficient (Wildman–Crippen LogP) is 8.20. The maximum absolute atomic E-state index is 15.4. The van der Waals surface area contributed by atoms with Crippen LogP contribution in [0.5, 0.6) is 0 Å². The molecular formula is C31H26Br3O3P. The highest BCUT2D eigenvalue weighted by molar-refractivity contribution is 9.11. The number of hydrogen-bond acceptors (Lipinski definition) is 3. The molecule has 0 bridgehead atoms. The number of halogens is 3. The quantitative estimate of drug-likeness (QED) is 0.110. The number of carbonyl (C=O) groups is 2. The highest BCUT2D eigenvalue weighted by atomic mass is 79.9. The molecule has 0 aromatic heterocycles. The molecule has 0 heterocycles. The molecule has 0 aliphatic heterocycles. The molecule has 1 atom stereocenters. The molecule has 194 valence electrons. The van der Waals surface area contributed by atoms with Crippen LogP contribution in [-0.2, 0) is 9.36 Å². The average Bonchev–Trinajstić information content (AvgIpc) is 2.89. The first-order valence-electron chi connectivity index (χ1n) is 12.0. The van der Waals surface area contributed by atoms with Crippen LogP contribution in [0.1, 0.15) is 42.6 Å². The van der Waals surface area contributed by atoms with E-state index in [0.29, 0.717) is 31.5 Å². The highest BCUT2D eigenvalue weighted by Crippen LogP contribution is 2.46. The Hall–Kier alpha value is -2.11. The van der Waals surface area contributed by atoms with Gasteiger partial charge in [-0.25, -0.2) is 0 Å². The van der Waals surface area contributed by atoms with E-state index in [2.05, 4.69) is 47.8 Å². The summed E-state index contributed by atoms with van der Waals surface area (Å²) in [4.78, 5) is 28.0. The van der Waals surface area contributed by atoms with E-state index in [1.165, 1.54) is 0 Å². The third-order valence-corrected chi connectivity index (χ3v) is 11.0. The van der Waals surface area contributed by atoms with Gasteiger partial charge < -0.3 is 4.57 Å². The Kier molecular flexibility index (Phi) is 8.78. The van der Waals surface area contributed by atoms with Gasteiger partial charge in [-0.2, -0.15) is 0 Å². The minimum absolute atomic E-state index is 0.233. The summed E-state index contributed by atoms with van der Waals surface area (Å²) in [5.74, 6) is -1.68. The first-order valence-corrected chi connectivity index (χ1v) is 16.1. The normalized spacial score (nSPS) is 12.7. The molecule has 0 aliphatic rings. The molecule has 38 heavy (non-hydrogen) atoms. The van der Waals surface area contributed by atoms with Gasteiger partial charge in [-0.3, -0.25) is 9.59 Å². The van der Waals surface area contributed by atoms with E-state index in [-0.39, 0.29) is 11.6 Å². The van der Waals surface area contributed by atoms with E-state index in [1.807, 2.05) is 60.7 Å². The Bertz CT molecular complexity index is 1470. The van der Waals surface area contributed by atoms with Crippen LogP contribution in [0.3, 0.4) is 0 Å². The van der Waals surface area contributed by atoms with Crippen molar-refractivity contribution in [2.45, 2.75) is 26.7 Å². The summed E-state index contributed by atoms with van der Waals surface area (Å²) in [6.07, 6.45) is 0. The van der Waals surface area contributed by atoms with E-state index in [1.54, 1.807) is 57.2 Å². The molecule has 4 rings (SSSR count). The molecule has 0 fully saturated rings. The Morgan fingerprint density at radius 1 is 0.684 bits per heavy atom. The molecule has 0 radical (unpaired) electrons. The predicted molar refractivity (Wildman–Crippen MR) is 167 cm³/mol. The number of rotatable bonds is 7. The molecule has 0 aliphatic carbocycles.